The van der Waals surface area contributed by atoms with Gasteiger partial charge in [0.1, 0.15) is 11.4 Å². The predicted octanol–water partition coefficient (Wildman–Crippen LogP) is 2.39. The fourth-order valence-corrected chi connectivity index (χ4v) is 3.83. The van der Waals surface area contributed by atoms with Crippen LogP contribution < -0.4 is 15.0 Å². The number of β-amino-alcohol motifs (C(OH)–C–C–N with tert-alkyl or cyclic N) is 1. The number of hydrogen-bond acceptors (Lipinski definition) is 6. The maximum Gasteiger partial charge on any atom is 0.293 e. The number of H-pyrrole nitrogens is 1. The van der Waals surface area contributed by atoms with Gasteiger partial charge in [-0.1, -0.05) is 0 Å². The van der Waals surface area contributed by atoms with Crippen LogP contribution in [0.4, 0.5) is 17.1 Å². The lowest BCUT2D eigenvalue weighted by Gasteiger charge is -2.32. The third-order valence-electron chi connectivity index (χ3n) is 5.08. The van der Waals surface area contributed by atoms with Crippen LogP contribution in [-0.2, 0) is 4.79 Å². The molecule has 3 heterocycles. The highest BCUT2D eigenvalue weighted by atomic mass is 16.6. The zero-order valence-corrected chi connectivity index (χ0v) is 15.3. The van der Waals surface area contributed by atoms with Gasteiger partial charge in [-0.05, 0) is 31.1 Å². The molecule has 1 aromatic heterocycles. The summed E-state index contributed by atoms with van der Waals surface area (Å²) in [6.45, 7) is 0.853. The minimum atomic E-state index is -0.565. The number of benzene rings is 1. The van der Waals surface area contributed by atoms with Crippen molar-refractivity contribution in [2.45, 2.75) is 18.9 Å². The van der Waals surface area contributed by atoms with E-state index in [0.717, 1.165) is 0 Å². The number of anilines is 2. The summed E-state index contributed by atoms with van der Waals surface area (Å²) in [5.41, 5.74) is 2.17. The highest BCUT2D eigenvalue weighted by Crippen LogP contribution is 2.46. The number of ether oxygens (including phenoxy) is 1. The summed E-state index contributed by atoms with van der Waals surface area (Å²) in [6.07, 6.45) is 4.12. The second kappa shape index (κ2) is 7.01. The van der Waals surface area contributed by atoms with Crippen molar-refractivity contribution < 1.29 is 19.6 Å². The zero-order chi connectivity index (χ0) is 19.8. The molecule has 1 fully saturated rings. The molecule has 0 aliphatic carbocycles. The Morgan fingerprint density at radius 1 is 1.39 bits per heavy atom. The lowest BCUT2D eigenvalue weighted by molar-refractivity contribution is -0.384. The third-order valence-corrected chi connectivity index (χ3v) is 5.08. The summed E-state index contributed by atoms with van der Waals surface area (Å²) in [7, 11) is 1.53. The molecule has 1 aromatic carbocycles. The molecule has 1 unspecified atom stereocenters. The summed E-state index contributed by atoms with van der Waals surface area (Å²) in [5, 5.41) is 24.6. The van der Waals surface area contributed by atoms with Gasteiger partial charge in [-0.3, -0.25) is 14.9 Å². The molecule has 0 bridgehead atoms. The van der Waals surface area contributed by atoms with Crippen LogP contribution in [0.25, 0.3) is 11.6 Å². The van der Waals surface area contributed by atoms with Crippen LogP contribution in [0.5, 0.6) is 5.75 Å². The molecule has 28 heavy (non-hydrogen) atoms. The number of aliphatic hydroxyl groups excluding tert-OH is 1. The lowest BCUT2D eigenvalue weighted by Crippen LogP contribution is -2.39. The molecule has 146 valence electrons. The van der Waals surface area contributed by atoms with Crippen molar-refractivity contribution in [3.05, 3.63) is 45.8 Å². The SMILES string of the molecule is COc1cc[nH]c1/C=C1\C(=O)Nc2ccc([N+](=O)[O-])c(N3CCCC(O)C3)c21. The Hall–Kier alpha value is -3.33. The van der Waals surface area contributed by atoms with Gasteiger partial charge in [-0.2, -0.15) is 0 Å². The number of fused-ring (bicyclic) bond motifs is 1. The highest BCUT2D eigenvalue weighted by molar-refractivity contribution is 6.36. The smallest absolute Gasteiger partial charge is 0.293 e. The van der Waals surface area contributed by atoms with Crippen LogP contribution in [0.3, 0.4) is 0 Å². The van der Waals surface area contributed by atoms with E-state index in [1.807, 2.05) is 0 Å². The van der Waals surface area contributed by atoms with Gasteiger partial charge in [0.25, 0.3) is 11.6 Å². The van der Waals surface area contributed by atoms with Gasteiger partial charge in [-0.25, -0.2) is 0 Å². The summed E-state index contributed by atoms with van der Waals surface area (Å²) < 4.78 is 5.28. The molecule has 0 radical (unpaired) electrons. The van der Waals surface area contributed by atoms with Gasteiger partial charge in [0.15, 0.2) is 0 Å². The van der Waals surface area contributed by atoms with E-state index in [1.54, 1.807) is 29.3 Å². The monoisotopic (exact) mass is 384 g/mol. The standard InChI is InChI=1S/C19H20N4O5/c1-28-16-6-7-20-14(16)9-12-17-13(21-19(12)25)4-5-15(23(26)27)18(17)22-8-2-3-11(24)10-22/h4-7,9,11,20,24H,2-3,8,10H2,1H3,(H,21,25)/b12-9-. The number of hydrogen-bond donors (Lipinski definition) is 3. The first kappa shape index (κ1) is 18.1. The van der Waals surface area contributed by atoms with Gasteiger partial charge in [-0.15, -0.1) is 0 Å². The molecule has 1 saturated heterocycles. The summed E-state index contributed by atoms with van der Waals surface area (Å²) in [5.74, 6) is 0.222. The lowest BCUT2D eigenvalue weighted by atomic mass is 9.99. The van der Waals surface area contributed by atoms with Crippen LogP contribution in [-0.4, -0.2) is 47.2 Å². The Morgan fingerprint density at radius 3 is 2.93 bits per heavy atom. The Balaban J connectivity index is 1.91. The average Bonchev–Trinajstić information content (AvgIpc) is 3.25. The summed E-state index contributed by atoms with van der Waals surface area (Å²) in [6, 6.07) is 4.67. The van der Waals surface area contributed by atoms with Crippen molar-refractivity contribution in [2.75, 3.05) is 30.4 Å². The van der Waals surface area contributed by atoms with Crippen LogP contribution in [0, 0.1) is 10.1 Å². The molecular weight excluding hydrogens is 364 g/mol. The first-order valence-electron chi connectivity index (χ1n) is 8.98. The Morgan fingerprint density at radius 2 is 2.21 bits per heavy atom. The third kappa shape index (κ3) is 2.99. The second-order valence-corrected chi connectivity index (χ2v) is 6.83. The van der Waals surface area contributed by atoms with E-state index >= 15 is 0 Å². The van der Waals surface area contributed by atoms with Gasteiger partial charge in [0.2, 0.25) is 0 Å². The molecular formula is C19H20N4O5. The number of rotatable bonds is 4. The Bertz CT molecular complexity index is 981. The molecule has 9 heteroatoms. The number of methoxy groups -OCH3 is 1. The molecule has 1 amide bonds. The van der Waals surface area contributed by atoms with E-state index in [9.17, 15) is 20.0 Å². The minimum Gasteiger partial charge on any atom is -0.495 e. The zero-order valence-electron chi connectivity index (χ0n) is 15.3. The van der Waals surface area contributed by atoms with Crippen molar-refractivity contribution in [1.82, 2.24) is 4.98 Å². The van der Waals surface area contributed by atoms with Crippen molar-refractivity contribution in [2.24, 2.45) is 0 Å². The molecule has 4 rings (SSSR count). The Labute approximate surface area is 160 Å². The topological polar surface area (TPSA) is 121 Å². The van der Waals surface area contributed by atoms with E-state index in [0.29, 0.717) is 53.3 Å². The molecule has 2 aliphatic heterocycles. The second-order valence-electron chi connectivity index (χ2n) is 6.83. The van der Waals surface area contributed by atoms with Crippen molar-refractivity contribution in [3.8, 4) is 5.75 Å². The predicted molar refractivity (Wildman–Crippen MR) is 104 cm³/mol. The van der Waals surface area contributed by atoms with Crippen molar-refractivity contribution in [3.63, 3.8) is 0 Å². The largest absolute Gasteiger partial charge is 0.495 e. The number of nitrogens with one attached hydrogen (secondary N) is 2. The maximum absolute atomic E-state index is 12.7. The average molecular weight is 384 g/mol. The molecule has 0 spiro atoms. The Kier molecular flexibility index (Phi) is 4.52. The normalized spacial score (nSPS) is 20.2. The van der Waals surface area contributed by atoms with Gasteiger partial charge < -0.3 is 25.0 Å². The van der Waals surface area contributed by atoms with E-state index in [-0.39, 0.29) is 18.1 Å². The summed E-state index contributed by atoms with van der Waals surface area (Å²) >= 11 is 0. The van der Waals surface area contributed by atoms with Gasteiger partial charge in [0.05, 0.1) is 35.1 Å². The van der Waals surface area contributed by atoms with Crippen LogP contribution in [0.1, 0.15) is 24.1 Å². The van der Waals surface area contributed by atoms with E-state index < -0.39 is 11.0 Å². The molecule has 3 N–H and O–H groups in total. The van der Waals surface area contributed by atoms with E-state index in [2.05, 4.69) is 10.3 Å². The molecule has 9 nitrogen and oxygen atoms in total. The van der Waals surface area contributed by atoms with Crippen LogP contribution in [0.15, 0.2) is 24.4 Å². The maximum atomic E-state index is 12.7. The number of piperidine rings is 1. The summed E-state index contributed by atoms with van der Waals surface area (Å²) in [4.78, 5) is 28.7. The van der Waals surface area contributed by atoms with Crippen LogP contribution >= 0.6 is 0 Å². The van der Waals surface area contributed by atoms with Crippen LogP contribution in [0.2, 0.25) is 0 Å². The number of aromatic nitrogens is 1. The number of carbonyl (C=O) groups is 1. The number of nitro groups is 1. The number of carbonyl (C=O) groups excluding carboxylic acids is 1. The number of aliphatic hydroxyl groups is 1. The number of aromatic amines is 1. The van der Waals surface area contributed by atoms with E-state index in [1.165, 1.54) is 13.2 Å². The van der Waals surface area contributed by atoms with E-state index in [4.69, 9.17) is 4.74 Å². The molecule has 1 atom stereocenters. The highest BCUT2D eigenvalue weighted by Gasteiger charge is 2.36. The minimum absolute atomic E-state index is 0.0892. The van der Waals surface area contributed by atoms with Crippen molar-refractivity contribution in [1.29, 1.82) is 0 Å². The number of nitrogens with zero attached hydrogens (tertiary/aromatic N) is 2. The van der Waals surface area contributed by atoms with Gasteiger partial charge in [0, 0.05) is 30.9 Å². The number of nitro benzene ring substituents is 1. The fraction of sp³-hybridized carbons (Fsp3) is 0.316. The molecule has 2 aliphatic rings. The molecule has 2 aromatic rings. The first-order chi connectivity index (χ1) is 13.5. The molecule has 0 saturated carbocycles. The van der Waals surface area contributed by atoms with Gasteiger partial charge >= 0.3 is 0 Å². The first-order valence-corrected chi connectivity index (χ1v) is 8.98. The van der Waals surface area contributed by atoms with Crippen molar-refractivity contribution >= 4 is 34.6 Å². The number of amides is 1. The fourth-order valence-electron chi connectivity index (χ4n) is 3.83. The quantitative estimate of drug-likeness (QED) is 0.423.